The zero-order chi connectivity index (χ0) is 15.1. The number of aryl methyl sites for hydroxylation is 2. The molecule has 0 aromatic heterocycles. The third kappa shape index (κ3) is 5.03. The second kappa shape index (κ2) is 8.43. The SMILES string of the molecule is CCCNC(COc1ccc(C)cc1C)C1CCCCC1. The standard InChI is InChI=1S/C19H31NO/c1-4-12-20-18(17-8-6-5-7-9-17)14-21-19-11-10-15(2)13-16(19)3/h10-11,13,17-18,20H,4-9,12,14H2,1-3H3. The number of hydrogen-bond donors (Lipinski definition) is 1. The summed E-state index contributed by atoms with van der Waals surface area (Å²) in [5.41, 5.74) is 2.54. The van der Waals surface area contributed by atoms with E-state index in [0.717, 1.165) is 24.8 Å². The van der Waals surface area contributed by atoms with Crippen LogP contribution < -0.4 is 10.1 Å². The third-order valence-corrected chi connectivity index (χ3v) is 4.62. The maximum Gasteiger partial charge on any atom is 0.122 e. The minimum Gasteiger partial charge on any atom is -0.492 e. The van der Waals surface area contributed by atoms with Gasteiger partial charge in [-0.05, 0) is 57.2 Å². The lowest BCUT2D eigenvalue weighted by Gasteiger charge is -2.31. The Hall–Kier alpha value is -1.02. The summed E-state index contributed by atoms with van der Waals surface area (Å²) in [6.45, 7) is 8.39. The van der Waals surface area contributed by atoms with Gasteiger partial charge in [-0.3, -0.25) is 0 Å². The molecule has 0 spiro atoms. The van der Waals surface area contributed by atoms with Gasteiger partial charge in [0.25, 0.3) is 0 Å². The molecule has 0 heterocycles. The Balaban J connectivity index is 1.93. The van der Waals surface area contributed by atoms with E-state index in [0.29, 0.717) is 6.04 Å². The highest BCUT2D eigenvalue weighted by Gasteiger charge is 2.23. The lowest BCUT2D eigenvalue weighted by atomic mass is 9.84. The Labute approximate surface area is 130 Å². The first-order valence-corrected chi connectivity index (χ1v) is 8.64. The highest BCUT2D eigenvalue weighted by molar-refractivity contribution is 5.35. The van der Waals surface area contributed by atoms with Crippen molar-refractivity contribution in [2.75, 3.05) is 13.2 Å². The summed E-state index contributed by atoms with van der Waals surface area (Å²) < 4.78 is 6.14. The van der Waals surface area contributed by atoms with Gasteiger partial charge in [-0.2, -0.15) is 0 Å². The zero-order valence-corrected chi connectivity index (χ0v) is 14.0. The summed E-state index contributed by atoms with van der Waals surface area (Å²) in [6.07, 6.45) is 8.09. The van der Waals surface area contributed by atoms with E-state index in [1.165, 1.54) is 49.7 Å². The molecule has 2 heteroatoms. The summed E-state index contributed by atoms with van der Waals surface area (Å²) in [7, 11) is 0. The molecule has 1 unspecified atom stereocenters. The van der Waals surface area contributed by atoms with Gasteiger partial charge in [0, 0.05) is 6.04 Å². The molecule has 21 heavy (non-hydrogen) atoms. The minimum atomic E-state index is 0.506. The summed E-state index contributed by atoms with van der Waals surface area (Å²) in [5.74, 6) is 1.83. The molecule has 1 aromatic carbocycles. The second-order valence-corrected chi connectivity index (χ2v) is 6.54. The highest BCUT2D eigenvalue weighted by Crippen LogP contribution is 2.27. The third-order valence-electron chi connectivity index (χ3n) is 4.62. The maximum atomic E-state index is 6.14. The molecule has 0 bridgehead atoms. The van der Waals surface area contributed by atoms with Crippen LogP contribution in [0.25, 0.3) is 0 Å². The van der Waals surface area contributed by atoms with Gasteiger partial charge >= 0.3 is 0 Å². The molecule has 1 N–H and O–H groups in total. The van der Waals surface area contributed by atoms with E-state index in [9.17, 15) is 0 Å². The van der Waals surface area contributed by atoms with Crippen molar-refractivity contribution in [1.82, 2.24) is 5.32 Å². The molecule has 0 radical (unpaired) electrons. The van der Waals surface area contributed by atoms with Crippen molar-refractivity contribution in [2.45, 2.75) is 65.3 Å². The normalized spacial score (nSPS) is 17.7. The van der Waals surface area contributed by atoms with E-state index in [1.807, 2.05) is 0 Å². The fourth-order valence-electron chi connectivity index (χ4n) is 3.37. The lowest BCUT2D eigenvalue weighted by molar-refractivity contribution is 0.185. The van der Waals surface area contributed by atoms with Crippen molar-refractivity contribution in [2.24, 2.45) is 5.92 Å². The quantitative estimate of drug-likeness (QED) is 0.790. The first kappa shape index (κ1) is 16.4. The molecule has 1 aromatic rings. The van der Waals surface area contributed by atoms with E-state index in [2.05, 4.69) is 44.3 Å². The highest BCUT2D eigenvalue weighted by atomic mass is 16.5. The van der Waals surface area contributed by atoms with Crippen molar-refractivity contribution in [3.63, 3.8) is 0 Å². The minimum absolute atomic E-state index is 0.506. The number of nitrogens with one attached hydrogen (secondary N) is 1. The molecule has 2 nitrogen and oxygen atoms in total. The van der Waals surface area contributed by atoms with E-state index >= 15 is 0 Å². The smallest absolute Gasteiger partial charge is 0.122 e. The Morgan fingerprint density at radius 1 is 1.19 bits per heavy atom. The topological polar surface area (TPSA) is 21.3 Å². The number of ether oxygens (including phenoxy) is 1. The molecule has 2 rings (SSSR count). The van der Waals surface area contributed by atoms with Crippen LogP contribution in [0.3, 0.4) is 0 Å². The van der Waals surface area contributed by atoms with Gasteiger partial charge in [0.2, 0.25) is 0 Å². The van der Waals surface area contributed by atoms with Gasteiger partial charge in [-0.1, -0.05) is 43.9 Å². The zero-order valence-electron chi connectivity index (χ0n) is 14.0. The number of benzene rings is 1. The summed E-state index contributed by atoms with van der Waals surface area (Å²) >= 11 is 0. The molecule has 0 aliphatic heterocycles. The van der Waals surface area contributed by atoms with Crippen LogP contribution in [0.2, 0.25) is 0 Å². The van der Waals surface area contributed by atoms with Crippen molar-refractivity contribution in [3.05, 3.63) is 29.3 Å². The summed E-state index contributed by atoms with van der Waals surface area (Å²) in [5, 5.41) is 3.72. The molecule has 1 saturated carbocycles. The van der Waals surface area contributed by atoms with Crippen LogP contribution in [0.4, 0.5) is 0 Å². The van der Waals surface area contributed by atoms with Gasteiger partial charge in [0.15, 0.2) is 0 Å². The number of hydrogen-bond acceptors (Lipinski definition) is 2. The van der Waals surface area contributed by atoms with Crippen LogP contribution in [-0.4, -0.2) is 19.2 Å². The van der Waals surface area contributed by atoms with Crippen LogP contribution >= 0.6 is 0 Å². The fraction of sp³-hybridized carbons (Fsp3) is 0.684. The van der Waals surface area contributed by atoms with Crippen LogP contribution in [0.15, 0.2) is 18.2 Å². The summed E-state index contributed by atoms with van der Waals surface area (Å²) in [4.78, 5) is 0. The predicted octanol–water partition coefficient (Wildman–Crippen LogP) is 4.63. The molecule has 1 aliphatic carbocycles. The van der Waals surface area contributed by atoms with Gasteiger partial charge in [0.05, 0.1) is 0 Å². The molecule has 1 atom stereocenters. The maximum absolute atomic E-state index is 6.14. The Bertz CT molecular complexity index is 424. The first-order valence-electron chi connectivity index (χ1n) is 8.64. The average Bonchev–Trinajstić information content (AvgIpc) is 2.50. The van der Waals surface area contributed by atoms with Crippen molar-refractivity contribution in [3.8, 4) is 5.75 Å². The van der Waals surface area contributed by atoms with Crippen molar-refractivity contribution < 1.29 is 4.74 Å². The van der Waals surface area contributed by atoms with Crippen molar-refractivity contribution in [1.29, 1.82) is 0 Å². The lowest BCUT2D eigenvalue weighted by Crippen LogP contribution is -2.42. The second-order valence-electron chi connectivity index (χ2n) is 6.54. The van der Waals surface area contributed by atoms with Crippen LogP contribution in [-0.2, 0) is 0 Å². The molecule has 1 fully saturated rings. The summed E-state index contributed by atoms with van der Waals surface area (Å²) in [6, 6.07) is 6.95. The fourth-order valence-corrected chi connectivity index (χ4v) is 3.37. The molecule has 0 saturated heterocycles. The van der Waals surface area contributed by atoms with E-state index in [1.54, 1.807) is 0 Å². The largest absolute Gasteiger partial charge is 0.492 e. The molecule has 0 amide bonds. The molecule has 118 valence electrons. The average molecular weight is 289 g/mol. The van der Waals surface area contributed by atoms with E-state index < -0.39 is 0 Å². The predicted molar refractivity (Wildman–Crippen MR) is 90.1 cm³/mol. The molecule has 1 aliphatic rings. The number of rotatable bonds is 7. The van der Waals surface area contributed by atoms with Gasteiger partial charge in [-0.25, -0.2) is 0 Å². The Morgan fingerprint density at radius 3 is 2.62 bits per heavy atom. The van der Waals surface area contributed by atoms with Gasteiger partial charge in [-0.15, -0.1) is 0 Å². The Kier molecular flexibility index (Phi) is 6.56. The first-order chi connectivity index (χ1) is 10.2. The Morgan fingerprint density at radius 2 is 1.95 bits per heavy atom. The van der Waals surface area contributed by atoms with Crippen LogP contribution in [0, 0.1) is 19.8 Å². The molecular formula is C19H31NO. The molecular weight excluding hydrogens is 258 g/mol. The van der Waals surface area contributed by atoms with Gasteiger partial charge < -0.3 is 10.1 Å². The van der Waals surface area contributed by atoms with Gasteiger partial charge in [0.1, 0.15) is 12.4 Å². The van der Waals surface area contributed by atoms with Crippen LogP contribution in [0.5, 0.6) is 5.75 Å². The van der Waals surface area contributed by atoms with Crippen LogP contribution in [0.1, 0.15) is 56.6 Å². The van der Waals surface area contributed by atoms with Crippen molar-refractivity contribution >= 4 is 0 Å². The van der Waals surface area contributed by atoms with E-state index in [-0.39, 0.29) is 0 Å². The van der Waals surface area contributed by atoms with E-state index in [4.69, 9.17) is 4.74 Å². The monoisotopic (exact) mass is 289 g/mol.